The van der Waals surface area contributed by atoms with Crippen LogP contribution in [0.3, 0.4) is 0 Å². The van der Waals surface area contributed by atoms with Crippen molar-refractivity contribution in [3.8, 4) is 0 Å². The van der Waals surface area contributed by atoms with E-state index in [4.69, 9.17) is 5.11 Å². The zero-order valence-electron chi connectivity index (χ0n) is 11.9. The lowest BCUT2D eigenvalue weighted by Gasteiger charge is -2.36. The minimum atomic E-state index is -0.835. The van der Waals surface area contributed by atoms with Crippen LogP contribution in [0.4, 0.5) is 0 Å². The lowest BCUT2D eigenvalue weighted by atomic mass is 9.98. The molecule has 0 aromatic heterocycles. The molecule has 2 N–H and O–H groups in total. The number of aliphatic carboxylic acids is 1. The zero-order valence-corrected chi connectivity index (χ0v) is 11.9. The van der Waals surface area contributed by atoms with Crippen LogP contribution in [0.25, 0.3) is 0 Å². The van der Waals surface area contributed by atoms with Crippen LogP contribution in [-0.2, 0) is 4.79 Å². The molecule has 0 aliphatic heterocycles. The molecular formula is C14H27NO3. The van der Waals surface area contributed by atoms with E-state index in [-0.39, 0.29) is 12.1 Å². The minimum absolute atomic E-state index is 0.00870. The summed E-state index contributed by atoms with van der Waals surface area (Å²) in [7, 11) is 0. The Morgan fingerprint density at radius 2 is 1.89 bits per heavy atom. The van der Waals surface area contributed by atoms with E-state index in [1.165, 1.54) is 25.7 Å². The standard InChI is InChI=1S/C14H27NO3/c1-14(2,3)15(10-13(17)18)9-12(16)8-11-6-4-5-7-11/h11-12,16H,4-10H2,1-3H3,(H,17,18). The molecule has 1 aliphatic carbocycles. The molecule has 0 amide bonds. The van der Waals surface area contributed by atoms with Crippen molar-refractivity contribution in [1.29, 1.82) is 0 Å². The van der Waals surface area contributed by atoms with Crippen molar-refractivity contribution in [1.82, 2.24) is 4.90 Å². The maximum Gasteiger partial charge on any atom is 0.317 e. The van der Waals surface area contributed by atoms with Crippen LogP contribution < -0.4 is 0 Å². The number of hydrogen-bond donors (Lipinski definition) is 2. The van der Waals surface area contributed by atoms with Crippen LogP contribution in [0.5, 0.6) is 0 Å². The molecule has 0 radical (unpaired) electrons. The van der Waals surface area contributed by atoms with Gasteiger partial charge in [0.15, 0.2) is 0 Å². The summed E-state index contributed by atoms with van der Waals surface area (Å²) in [5.74, 6) is -0.204. The van der Waals surface area contributed by atoms with Crippen LogP contribution in [0, 0.1) is 5.92 Å². The number of aliphatic hydroxyl groups is 1. The highest BCUT2D eigenvalue weighted by Crippen LogP contribution is 2.29. The molecule has 1 aliphatic rings. The van der Waals surface area contributed by atoms with Crippen molar-refractivity contribution in [2.24, 2.45) is 5.92 Å². The third-order valence-corrected chi connectivity index (χ3v) is 3.79. The quantitative estimate of drug-likeness (QED) is 0.765. The first kappa shape index (κ1) is 15.4. The third kappa shape index (κ3) is 5.36. The van der Waals surface area contributed by atoms with E-state index >= 15 is 0 Å². The lowest BCUT2D eigenvalue weighted by molar-refractivity contribution is -0.140. The van der Waals surface area contributed by atoms with E-state index in [0.717, 1.165) is 6.42 Å². The number of aliphatic hydroxyl groups excluding tert-OH is 1. The molecule has 0 spiro atoms. The number of carboxylic acid groups (broad SMARTS) is 1. The summed E-state index contributed by atoms with van der Waals surface area (Å²) in [6.45, 7) is 6.40. The van der Waals surface area contributed by atoms with Crippen molar-refractivity contribution in [3.05, 3.63) is 0 Å². The van der Waals surface area contributed by atoms with Gasteiger partial charge in [0.05, 0.1) is 12.6 Å². The predicted octanol–water partition coefficient (Wildman–Crippen LogP) is 2.11. The average molecular weight is 257 g/mol. The van der Waals surface area contributed by atoms with Crippen LogP contribution in [0.15, 0.2) is 0 Å². The molecule has 1 saturated carbocycles. The van der Waals surface area contributed by atoms with E-state index in [2.05, 4.69) is 0 Å². The Morgan fingerprint density at radius 3 is 2.33 bits per heavy atom. The monoisotopic (exact) mass is 257 g/mol. The van der Waals surface area contributed by atoms with Gasteiger partial charge >= 0.3 is 5.97 Å². The Kier molecular flexibility index (Phi) is 5.60. The highest BCUT2D eigenvalue weighted by atomic mass is 16.4. The van der Waals surface area contributed by atoms with Gasteiger partial charge < -0.3 is 10.2 Å². The van der Waals surface area contributed by atoms with Crippen molar-refractivity contribution in [2.75, 3.05) is 13.1 Å². The molecule has 4 nitrogen and oxygen atoms in total. The lowest BCUT2D eigenvalue weighted by Crippen LogP contribution is -2.48. The fourth-order valence-electron chi connectivity index (χ4n) is 2.70. The highest BCUT2D eigenvalue weighted by molar-refractivity contribution is 5.69. The molecule has 1 unspecified atom stereocenters. The molecule has 0 bridgehead atoms. The Hall–Kier alpha value is -0.610. The number of rotatable bonds is 6. The van der Waals surface area contributed by atoms with Crippen molar-refractivity contribution in [3.63, 3.8) is 0 Å². The molecule has 0 aromatic carbocycles. The number of carboxylic acids is 1. The summed E-state index contributed by atoms with van der Waals surface area (Å²) in [6.07, 6.45) is 5.38. The maximum atomic E-state index is 10.9. The maximum absolute atomic E-state index is 10.9. The molecule has 4 heteroatoms. The van der Waals surface area contributed by atoms with E-state index in [1.807, 2.05) is 25.7 Å². The van der Waals surface area contributed by atoms with Gasteiger partial charge in [-0.25, -0.2) is 0 Å². The molecule has 0 saturated heterocycles. The molecule has 106 valence electrons. The first-order valence-corrected chi connectivity index (χ1v) is 6.94. The SMILES string of the molecule is CC(C)(C)N(CC(=O)O)CC(O)CC1CCCC1. The van der Waals surface area contributed by atoms with Crippen LogP contribution in [-0.4, -0.2) is 45.8 Å². The van der Waals surface area contributed by atoms with Crippen molar-refractivity contribution in [2.45, 2.75) is 64.5 Å². The van der Waals surface area contributed by atoms with Crippen LogP contribution in [0.2, 0.25) is 0 Å². The van der Waals surface area contributed by atoms with Gasteiger partial charge in [-0.2, -0.15) is 0 Å². The van der Waals surface area contributed by atoms with Gasteiger partial charge in [0, 0.05) is 12.1 Å². The first-order valence-electron chi connectivity index (χ1n) is 6.94. The third-order valence-electron chi connectivity index (χ3n) is 3.79. The van der Waals surface area contributed by atoms with Gasteiger partial charge in [0.1, 0.15) is 0 Å². The number of carbonyl (C=O) groups is 1. The van der Waals surface area contributed by atoms with Crippen molar-refractivity contribution < 1.29 is 15.0 Å². The summed E-state index contributed by atoms with van der Waals surface area (Å²) >= 11 is 0. The van der Waals surface area contributed by atoms with E-state index in [1.54, 1.807) is 0 Å². The van der Waals surface area contributed by atoms with Gasteiger partial charge in [0.25, 0.3) is 0 Å². The molecule has 18 heavy (non-hydrogen) atoms. The normalized spacial score (nSPS) is 19.4. The molecular weight excluding hydrogens is 230 g/mol. The van der Waals surface area contributed by atoms with Gasteiger partial charge in [0.2, 0.25) is 0 Å². The fourth-order valence-corrected chi connectivity index (χ4v) is 2.70. The van der Waals surface area contributed by atoms with E-state index in [0.29, 0.717) is 12.5 Å². The number of nitrogens with zero attached hydrogens (tertiary/aromatic N) is 1. The largest absolute Gasteiger partial charge is 0.480 e. The van der Waals surface area contributed by atoms with E-state index < -0.39 is 12.1 Å². The summed E-state index contributed by atoms with van der Waals surface area (Å²) in [5.41, 5.74) is -0.227. The smallest absolute Gasteiger partial charge is 0.317 e. The van der Waals surface area contributed by atoms with Crippen molar-refractivity contribution >= 4 is 5.97 Å². The topological polar surface area (TPSA) is 60.8 Å². The second-order valence-electron chi connectivity index (χ2n) is 6.49. The van der Waals surface area contributed by atoms with Crippen LogP contribution in [0.1, 0.15) is 52.9 Å². The first-order chi connectivity index (χ1) is 8.29. The Labute approximate surface area is 110 Å². The summed E-state index contributed by atoms with van der Waals surface area (Å²) < 4.78 is 0. The second kappa shape index (κ2) is 6.53. The zero-order chi connectivity index (χ0) is 13.8. The minimum Gasteiger partial charge on any atom is -0.480 e. The van der Waals surface area contributed by atoms with Gasteiger partial charge in [-0.15, -0.1) is 0 Å². The summed E-state index contributed by atoms with van der Waals surface area (Å²) in [6, 6.07) is 0. The van der Waals surface area contributed by atoms with Gasteiger partial charge in [-0.1, -0.05) is 25.7 Å². The summed E-state index contributed by atoms with van der Waals surface area (Å²) in [4.78, 5) is 12.7. The van der Waals surface area contributed by atoms with Crippen LogP contribution >= 0.6 is 0 Å². The number of hydrogen-bond acceptors (Lipinski definition) is 3. The Morgan fingerprint density at radius 1 is 1.33 bits per heavy atom. The Bertz CT molecular complexity index is 267. The Balaban J connectivity index is 2.45. The predicted molar refractivity (Wildman–Crippen MR) is 71.5 cm³/mol. The molecule has 0 aromatic rings. The molecule has 1 rings (SSSR count). The summed E-state index contributed by atoms with van der Waals surface area (Å²) in [5, 5.41) is 19.0. The fraction of sp³-hybridized carbons (Fsp3) is 0.929. The molecule has 1 fully saturated rings. The van der Waals surface area contributed by atoms with E-state index in [9.17, 15) is 9.90 Å². The van der Waals surface area contributed by atoms with Gasteiger partial charge in [-0.3, -0.25) is 9.69 Å². The molecule has 0 heterocycles. The highest BCUT2D eigenvalue weighted by Gasteiger charge is 2.27. The number of β-amino-alcohol motifs (C(OH)–C–C–N with tert-alkyl or cyclic N) is 1. The molecule has 1 atom stereocenters. The van der Waals surface area contributed by atoms with Gasteiger partial charge in [-0.05, 0) is 33.1 Å². The second-order valence-corrected chi connectivity index (χ2v) is 6.49. The average Bonchev–Trinajstić information content (AvgIpc) is 2.67.